The van der Waals surface area contributed by atoms with Crippen molar-refractivity contribution in [1.29, 1.82) is 0 Å². The molecule has 0 saturated heterocycles. The summed E-state index contributed by atoms with van der Waals surface area (Å²) in [6.45, 7) is 5.12. The Bertz CT molecular complexity index is 1350. The molecule has 2 heterocycles. The highest BCUT2D eigenvalue weighted by molar-refractivity contribution is 6.30. The number of amides is 1. The van der Waals surface area contributed by atoms with Crippen molar-refractivity contribution in [1.82, 2.24) is 20.3 Å². The van der Waals surface area contributed by atoms with E-state index in [9.17, 15) is 9.18 Å². The molecule has 172 valence electrons. The fourth-order valence-electron chi connectivity index (χ4n) is 4.31. The van der Waals surface area contributed by atoms with E-state index in [0.29, 0.717) is 23.7 Å². The van der Waals surface area contributed by atoms with E-state index in [1.807, 2.05) is 61.0 Å². The molecule has 1 aliphatic heterocycles. The maximum atomic E-state index is 13.3. The third-order valence-corrected chi connectivity index (χ3v) is 6.35. The maximum absolute atomic E-state index is 13.3. The third kappa shape index (κ3) is 4.15. The first-order chi connectivity index (χ1) is 16.4. The molecule has 0 radical (unpaired) electrons. The van der Waals surface area contributed by atoms with Crippen LogP contribution in [0.2, 0.25) is 5.02 Å². The Hall–Kier alpha value is -3.71. The van der Waals surface area contributed by atoms with Crippen LogP contribution in [0.3, 0.4) is 0 Å². The largest absolute Gasteiger partial charge is 0.346 e. The number of fused-ring (bicyclic) bond motifs is 3. The molecule has 0 bridgehead atoms. The molecule has 0 spiro atoms. The van der Waals surface area contributed by atoms with Gasteiger partial charge in [-0.05, 0) is 74.0 Å². The molecule has 1 unspecified atom stereocenters. The van der Waals surface area contributed by atoms with Crippen LogP contribution in [0.5, 0.6) is 0 Å². The molecule has 34 heavy (non-hydrogen) atoms. The number of rotatable bonds is 4. The Balaban J connectivity index is 1.53. The first-order valence-corrected chi connectivity index (χ1v) is 11.4. The molecule has 4 aromatic rings. The van der Waals surface area contributed by atoms with Crippen LogP contribution in [-0.4, -0.2) is 27.4 Å². The topological polar surface area (TPSA) is 63.1 Å². The summed E-state index contributed by atoms with van der Waals surface area (Å²) in [5, 5.41) is 12.2. The van der Waals surface area contributed by atoms with Crippen LogP contribution in [0.1, 0.15) is 34.6 Å². The number of carbonyl (C=O) groups excluding carboxylic acids is 1. The van der Waals surface area contributed by atoms with Crippen molar-refractivity contribution in [3.05, 3.63) is 94.4 Å². The second-order valence-electron chi connectivity index (χ2n) is 8.35. The van der Waals surface area contributed by atoms with Gasteiger partial charge in [0.25, 0.3) is 5.91 Å². The van der Waals surface area contributed by atoms with Crippen LogP contribution >= 0.6 is 11.6 Å². The summed E-state index contributed by atoms with van der Waals surface area (Å²) in [5.74, 6) is -0.511. The molecule has 8 heteroatoms. The molecule has 1 amide bonds. The number of aryl methyl sites for hydroxylation is 1. The van der Waals surface area contributed by atoms with Gasteiger partial charge in [0, 0.05) is 28.4 Å². The van der Waals surface area contributed by atoms with Crippen LogP contribution in [0.15, 0.2) is 66.7 Å². The predicted molar refractivity (Wildman–Crippen MR) is 131 cm³/mol. The third-order valence-electron chi connectivity index (χ3n) is 6.10. The minimum atomic E-state index is -0.306. The molecular formula is C26H23ClFN5O. The summed E-state index contributed by atoms with van der Waals surface area (Å²) in [4.78, 5) is 15.3. The van der Waals surface area contributed by atoms with E-state index in [4.69, 9.17) is 11.6 Å². The van der Waals surface area contributed by atoms with Gasteiger partial charge in [-0.2, -0.15) is 0 Å². The zero-order valence-electron chi connectivity index (χ0n) is 18.8. The van der Waals surface area contributed by atoms with Crippen molar-refractivity contribution in [2.24, 2.45) is 0 Å². The minimum absolute atomic E-state index is 0.205. The molecular weight excluding hydrogens is 453 g/mol. The van der Waals surface area contributed by atoms with Crippen molar-refractivity contribution in [2.45, 2.75) is 26.4 Å². The standard InChI is InChI=1S/C26H23ClFN5O/c1-16(18-3-8-21(28)9-4-18)29-26(34)19-5-12-23-24(15-19)32(22-10-6-20(27)7-11-22)13-14-33-25(23)17(2)30-31-33/h3-12,15-16H,13-14H2,1-2H3,(H,29,34). The number of carbonyl (C=O) groups is 1. The number of hydrogen-bond acceptors (Lipinski definition) is 4. The molecule has 1 N–H and O–H groups in total. The lowest BCUT2D eigenvalue weighted by atomic mass is 10.0. The first kappa shape index (κ1) is 22.1. The molecule has 3 aromatic carbocycles. The van der Waals surface area contributed by atoms with Crippen LogP contribution in [0.25, 0.3) is 11.3 Å². The number of halogens is 2. The van der Waals surface area contributed by atoms with Crippen LogP contribution < -0.4 is 10.2 Å². The molecule has 0 aliphatic carbocycles. The highest BCUT2D eigenvalue weighted by Gasteiger charge is 2.25. The number of nitrogens with zero attached hydrogens (tertiary/aromatic N) is 4. The molecule has 1 aliphatic rings. The smallest absolute Gasteiger partial charge is 0.251 e. The quantitative estimate of drug-likeness (QED) is 0.412. The van der Waals surface area contributed by atoms with E-state index in [-0.39, 0.29) is 17.8 Å². The number of anilines is 2. The van der Waals surface area contributed by atoms with Crippen molar-refractivity contribution in [3.8, 4) is 11.3 Å². The predicted octanol–water partition coefficient (Wildman–Crippen LogP) is 5.69. The molecule has 6 nitrogen and oxygen atoms in total. The second-order valence-corrected chi connectivity index (χ2v) is 8.79. The normalized spacial score (nSPS) is 13.6. The van der Waals surface area contributed by atoms with Gasteiger partial charge in [-0.1, -0.05) is 28.9 Å². The van der Waals surface area contributed by atoms with Crippen LogP contribution in [0, 0.1) is 12.7 Å². The maximum Gasteiger partial charge on any atom is 0.251 e. The molecule has 1 aromatic heterocycles. The van der Waals surface area contributed by atoms with Gasteiger partial charge in [0.15, 0.2) is 0 Å². The Morgan fingerprint density at radius 3 is 2.53 bits per heavy atom. The van der Waals surface area contributed by atoms with Gasteiger partial charge in [-0.15, -0.1) is 5.10 Å². The zero-order chi connectivity index (χ0) is 23.8. The van der Waals surface area contributed by atoms with Gasteiger partial charge in [0.05, 0.1) is 29.7 Å². The summed E-state index contributed by atoms with van der Waals surface area (Å²) in [7, 11) is 0. The van der Waals surface area contributed by atoms with Crippen LogP contribution in [-0.2, 0) is 6.54 Å². The van der Waals surface area contributed by atoms with Crippen molar-refractivity contribution < 1.29 is 9.18 Å². The van der Waals surface area contributed by atoms with Gasteiger partial charge in [0.2, 0.25) is 0 Å². The number of nitrogens with one attached hydrogen (secondary N) is 1. The summed E-state index contributed by atoms with van der Waals surface area (Å²) in [5.41, 5.74) is 5.97. The molecule has 5 rings (SSSR count). The number of benzene rings is 3. The lowest BCUT2D eigenvalue weighted by Gasteiger charge is -2.25. The van der Waals surface area contributed by atoms with E-state index in [2.05, 4.69) is 20.5 Å². The van der Waals surface area contributed by atoms with E-state index in [1.54, 1.807) is 12.1 Å². The Morgan fingerprint density at radius 2 is 1.79 bits per heavy atom. The average molecular weight is 476 g/mol. The minimum Gasteiger partial charge on any atom is -0.346 e. The first-order valence-electron chi connectivity index (χ1n) is 11.0. The lowest BCUT2D eigenvalue weighted by molar-refractivity contribution is 0.0940. The SMILES string of the molecule is Cc1nnn2c1-c1ccc(C(=O)NC(C)c3ccc(F)cc3)cc1N(c1ccc(Cl)cc1)CC2. The van der Waals surface area contributed by atoms with Crippen molar-refractivity contribution in [3.63, 3.8) is 0 Å². The van der Waals surface area contributed by atoms with E-state index >= 15 is 0 Å². The van der Waals surface area contributed by atoms with Gasteiger partial charge in [-0.25, -0.2) is 9.07 Å². The van der Waals surface area contributed by atoms with Crippen molar-refractivity contribution >= 4 is 28.9 Å². The average Bonchev–Trinajstić information content (AvgIpc) is 3.11. The fraction of sp³-hybridized carbons (Fsp3) is 0.192. The highest BCUT2D eigenvalue weighted by atomic mass is 35.5. The Labute approximate surface area is 202 Å². The number of hydrogen-bond donors (Lipinski definition) is 1. The lowest BCUT2D eigenvalue weighted by Crippen LogP contribution is -2.27. The molecule has 0 saturated carbocycles. The fourth-order valence-corrected chi connectivity index (χ4v) is 4.43. The van der Waals surface area contributed by atoms with E-state index in [0.717, 1.165) is 33.9 Å². The van der Waals surface area contributed by atoms with E-state index < -0.39 is 0 Å². The number of aromatic nitrogens is 3. The highest BCUT2D eigenvalue weighted by Crippen LogP contribution is 2.39. The second kappa shape index (κ2) is 8.91. The van der Waals surface area contributed by atoms with Crippen LogP contribution in [0.4, 0.5) is 15.8 Å². The van der Waals surface area contributed by atoms with Gasteiger partial charge >= 0.3 is 0 Å². The monoisotopic (exact) mass is 475 g/mol. The molecule has 0 fully saturated rings. The van der Waals surface area contributed by atoms with Gasteiger partial charge in [0.1, 0.15) is 5.82 Å². The summed E-state index contributed by atoms with van der Waals surface area (Å²) < 4.78 is 15.2. The summed E-state index contributed by atoms with van der Waals surface area (Å²) in [6, 6.07) is 19.2. The van der Waals surface area contributed by atoms with E-state index in [1.165, 1.54) is 12.1 Å². The Morgan fingerprint density at radius 1 is 1.06 bits per heavy atom. The Kier molecular flexibility index (Phi) is 5.79. The van der Waals surface area contributed by atoms with Gasteiger partial charge in [-0.3, -0.25) is 4.79 Å². The molecule has 1 atom stereocenters. The zero-order valence-corrected chi connectivity index (χ0v) is 19.6. The van der Waals surface area contributed by atoms with Gasteiger partial charge < -0.3 is 10.2 Å². The van der Waals surface area contributed by atoms with Crippen molar-refractivity contribution in [2.75, 3.05) is 11.4 Å². The summed E-state index contributed by atoms with van der Waals surface area (Å²) in [6.07, 6.45) is 0. The summed E-state index contributed by atoms with van der Waals surface area (Å²) >= 11 is 6.12.